The van der Waals surface area contributed by atoms with E-state index in [9.17, 15) is 14.4 Å². The van der Waals surface area contributed by atoms with Crippen LogP contribution in [0.4, 0.5) is 0 Å². The Morgan fingerprint density at radius 1 is 0.592 bits per heavy atom. The van der Waals surface area contributed by atoms with Gasteiger partial charge < -0.3 is 28.4 Å². The molecule has 0 saturated carbocycles. The highest BCUT2D eigenvalue weighted by molar-refractivity contribution is 6.76. The average molecular weight is 727 g/mol. The Labute approximate surface area is 297 Å². The summed E-state index contributed by atoms with van der Waals surface area (Å²) in [7, 11) is 0. The highest BCUT2D eigenvalue weighted by atomic mass is 35.6. The number of ether oxygens (including phenoxy) is 6. The molecule has 0 amide bonds. The minimum absolute atomic E-state index is 0.135. The van der Waals surface area contributed by atoms with Gasteiger partial charge in [-0.3, -0.25) is 5.41 Å². The van der Waals surface area contributed by atoms with E-state index in [2.05, 4.69) is 0 Å². The molecule has 1 aliphatic rings. The number of benzene rings is 4. The summed E-state index contributed by atoms with van der Waals surface area (Å²) in [6.07, 6.45) is -7.61. The van der Waals surface area contributed by atoms with Crippen LogP contribution in [-0.2, 0) is 35.0 Å². The molecule has 3 unspecified atom stereocenters. The van der Waals surface area contributed by atoms with Crippen molar-refractivity contribution in [1.29, 1.82) is 5.41 Å². The number of carbonyl (C=O) groups is 3. The lowest BCUT2D eigenvalue weighted by atomic mass is 9.97. The molecule has 1 saturated heterocycles. The first-order chi connectivity index (χ1) is 23.6. The van der Waals surface area contributed by atoms with Crippen molar-refractivity contribution >= 4 is 58.6 Å². The van der Waals surface area contributed by atoms with Gasteiger partial charge in [-0.2, -0.15) is 0 Å². The zero-order chi connectivity index (χ0) is 34.8. The number of esters is 3. The van der Waals surface area contributed by atoms with Crippen LogP contribution in [-0.4, -0.2) is 64.9 Å². The Balaban J connectivity index is 1.55. The molecule has 254 valence electrons. The van der Waals surface area contributed by atoms with E-state index in [4.69, 9.17) is 68.6 Å². The van der Waals surface area contributed by atoms with E-state index in [1.54, 1.807) is 66.7 Å². The van der Waals surface area contributed by atoms with Crippen LogP contribution in [0.5, 0.6) is 0 Å². The summed E-state index contributed by atoms with van der Waals surface area (Å²) >= 11 is 17.8. The smallest absolute Gasteiger partial charge is 0.338 e. The lowest BCUT2D eigenvalue weighted by Gasteiger charge is -2.44. The first kappa shape index (κ1) is 35.8. The Morgan fingerprint density at radius 3 is 1.45 bits per heavy atom. The highest BCUT2D eigenvalue weighted by Crippen LogP contribution is 2.35. The van der Waals surface area contributed by atoms with Crippen LogP contribution in [0, 0.1) is 5.41 Å². The van der Waals surface area contributed by atoms with E-state index < -0.39 is 58.3 Å². The van der Waals surface area contributed by atoms with Crippen LogP contribution < -0.4 is 0 Å². The molecule has 0 aliphatic carbocycles. The molecule has 13 heteroatoms. The molecule has 1 fully saturated rings. The SMILES string of the molecule is N=C(O[C@H]1OC(COCc2ccccc2)[C@H](OC(=O)c2ccccc2)C(OC(=O)c2ccccc2)C1OC(=O)c1ccccc1)C(Cl)(Cl)Cl. The molecule has 1 N–H and O–H groups in total. The Morgan fingerprint density at radius 2 is 1.00 bits per heavy atom. The van der Waals surface area contributed by atoms with E-state index in [0.29, 0.717) is 0 Å². The number of carbonyl (C=O) groups excluding carboxylic acids is 3. The second-order valence-electron chi connectivity index (χ2n) is 10.7. The summed E-state index contributed by atoms with van der Waals surface area (Å²) in [5, 5.41) is 8.28. The predicted molar refractivity (Wildman–Crippen MR) is 181 cm³/mol. The first-order valence-electron chi connectivity index (χ1n) is 15.0. The Hall–Kier alpha value is -4.45. The lowest BCUT2D eigenvalue weighted by Crippen LogP contribution is -2.63. The molecule has 0 aromatic heterocycles. The standard InChI is InChI=1S/C36H30Cl3NO9/c37-36(38,39)35(40)49-34-30(48-33(43)26-19-11-4-12-20-26)29(47-32(42)25-17-9-3-10-18-25)28(46-31(41)24-15-7-2-8-16-24)27(45-34)22-44-21-23-13-5-1-6-14-23/h1-20,27-30,34,40H,21-22H2/t27?,28-,29?,30?,34+/m0/s1. The van der Waals surface area contributed by atoms with Crippen molar-refractivity contribution in [3.63, 3.8) is 0 Å². The number of hydrogen-bond acceptors (Lipinski definition) is 10. The molecular formula is C36H30Cl3NO9. The van der Waals surface area contributed by atoms with Gasteiger partial charge in [0.15, 0.2) is 12.2 Å². The molecule has 49 heavy (non-hydrogen) atoms. The van der Waals surface area contributed by atoms with Gasteiger partial charge in [0, 0.05) is 0 Å². The molecule has 0 bridgehead atoms. The van der Waals surface area contributed by atoms with Crippen molar-refractivity contribution in [2.24, 2.45) is 0 Å². The van der Waals surface area contributed by atoms with Crippen molar-refractivity contribution in [2.45, 2.75) is 41.1 Å². The van der Waals surface area contributed by atoms with Gasteiger partial charge in [0.05, 0.1) is 29.9 Å². The summed E-state index contributed by atoms with van der Waals surface area (Å²) in [6.45, 7) is -0.0994. The van der Waals surface area contributed by atoms with Gasteiger partial charge in [0.1, 0.15) is 6.10 Å². The molecular weight excluding hydrogens is 697 g/mol. The number of alkyl halides is 3. The summed E-state index contributed by atoms with van der Waals surface area (Å²) in [5.74, 6) is -3.37. The van der Waals surface area contributed by atoms with Gasteiger partial charge in [-0.1, -0.05) is 120 Å². The maximum Gasteiger partial charge on any atom is 0.338 e. The van der Waals surface area contributed by atoms with Crippen LogP contribution >= 0.6 is 34.8 Å². The normalized spacial score (nSPS) is 20.4. The third-order valence-corrected chi connectivity index (χ3v) is 7.75. The lowest BCUT2D eigenvalue weighted by molar-refractivity contribution is -0.282. The number of halogens is 3. The maximum absolute atomic E-state index is 13.6. The summed E-state index contributed by atoms with van der Waals surface area (Å²) < 4.78 is 33.3. The largest absolute Gasteiger partial charge is 0.452 e. The fourth-order valence-electron chi connectivity index (χ4n) is 4.86. The van der Waals surface area contributed by atoms with Crippen molar-refractivity contribution in [2.75, 3.05) is 6.61 Å². The molecule has 0 radical (unpaired) electrons. The third-order valence-electron chi connectivity index (χ3n) is 7.23. The van der Waals surface area contributed by atoms with Crippen LogP contribution in [0.25, 0.3) is 0 Å². The van der Waals surface area contributed by atoms with Crippen LogP contribution in [0.2, 0.25) is 0 Å². The second kappa shape index (κ2) is 16.8. The molecule has 0 spiro atoms. The van der Waals surface area contributed by atoms with Gasteiger partial charge in [-0.05, 0) is 42.0 Å². The predicted octanol–water partition coefficient (Wildman–Crippen LogP) is 6.97. The van der Waals surface area contributed by atoms with E-state index in [1.165, 1.54) is 24.3 Å². The summed E-state index contributed by atoms with van der Waals surface area (Å²) in [6, 6.07) is 33.3. The molecule has 5 rings (SSSR count). The second-order valence-corrected chi connectivity index (χ2v) is 13.0. The zero-order valence-electron chi connectivity index (χ0n) is 25.7. The molecule has 1 aliphatic heterocycles. The van der Waals surface area contributed by atoms with Crippen LogP contribution in [0.15, 0.2) is 121 Å². The minimum atomic E-state index is -2.34. The van der Waals surface area contributed by atoms with Crippen molar-refractivity contribution in [1.82, 2.24) is 0 Å². The summed E-state index contributed by atoms with van der Waals surface area (Å²) in [4.78, 5) is 40.6. The Kier molecular flexibility index (Phi) is 12.3. The van der Waals surface area contributed by atoms with Gasteiger partial charge in [0.2, 0.25) is 18.3 Å². The monoisotopic (exact) mass is 725 g/mol. The minimum Gasteiger partial charge on any atom is -0.452 e. The van der Waals surface area contributed by atoms with Gasteiger partial charge in [-0.15, -0.1) is 0 Å². The van der Waals surface area contributed by atoms with E-state index in [1.807, 2.05) is 30.3 Å². The third kappa shape index (κ3) is 9.81. The van der Waals surface area contributed by atoms with Gasteiger partial charge in [0.25, 0.3) is 3.79 Å². The van der Waals surface area contributed by atoms with Crippen LogP contribution in [0.1, 0.15) is 36.6 Å². The number of nitrogens with one attached hydrogen (secondary N) is 1. The molecule has 1 heterocycles. The highest BCUT2D eigenvalue weighted by Gasteiger charge is 2.54. The van der Waals surface area contributed by atoms with E-state index in [0.717, 1.165) is 5.56 Å². The molecule has 4 aromatic carbocycles. The molecule has 10 nitrogen and oxygen atoms in total. The van der Waals surface area contributed by atoms with E-state index >= 15 is 0 Å². The quantitative estimate of drug-likeness (QED) is 0.0573. The van der Waals surface area contributed by atoms with Crippen molar-refractivity contribution in [3.05, 3.63) is 144 Å². The molecule has 5 atom stereocenters. The van der Waals surface area contributed by atoms with Crippen molar-refractivity contribution in [3.8, 4) is 0 Å². The fraction of sp³-hybridized carbons (Fsp3) is 0.222. The topological polar surface area (TPSA) is 130 Å². The molecule has 4 aromatic rings. The zero-order valence-corrected chi connectivity index (χ0v) is 27.9. The summed E-state index contributed by atoms with van der Waals surface area (Å²) in [5.41, 5.74) is 1.31. The van der Waals surface area contributed by atoms with E-state index in [-0.39, 0.29) is 29.9 Å². The number of hydrogen-bond donors (Lipinski definition) is 1. The first-order valence-corrected chi connectivity index (χ1v) is 16.1. The van der Waals surface area contributed by atoms with Gasteiger partial charge in [-0.25, -0.2) is 14.4 Å². The van der Waals surface area contributed by atoms with Crippen molar-refractivity contribution < 1.29 is 42.8 Å². The maximum atomic E-state index is 13.6. The van der Waals surface area contributed by atoms with Gasteiger partial charge >= 0.3 is 17.9 Å². The Bertz CT molecular complexity index is 1710. The average Bonchev–Trinajstić information content (AvgIpc) is 3.12. The number of rotatable bonds is 11. The fourth-order valence-corrected chi connectivity index (χ4v) is 4.99. The van der Waals surface area contributed by atoms with Crippen LogP contribution in [0.3, 0.4) is 0 Å².